The molecule has 4 aromatic rings. The summed E-state index contributed by atoms with van der Waals surface area (Å²) in [4.78, 5) is 29.1. The molecular weight excluding hydrogens is 412 g/mol. The van der Waals surface area contributed by atoms with E-state index in [0.717, 1.165) is 10.9 Å². The highest BCUT2D eigenvalue weighted by Crippen LogP contribution is 2.17. The van der Waals surface area contributed by atoms with Crippen molar-refractivity contribution in [3.05, 3.63) is 107 Å². The first-order valence-electron chi connectivity index (χ1n) is 9.45. The largest absolute Gasteiger partial charge is 0.322 e. The minimum absolute atomic E-state index is 0.275. The number of anilines is 1. The lowest BCUT2D eigenvalue weighted by molar-refractivity contribution is 0.0949. The second kappa shape index (κ2) is 9.19. The molecule has 2 N–H and O–H groups in total. The standard InChI is InChI=1S/C24H17ClN4O2/c25-20-10-3-2-9-19(20)23(30)27-18-8-5-6-16(14-18)15-26-29-24(31)22-13-12-17-7-1-4-11-21(17)28-22/h1-15H,(H,27,30)(H,29,31)/b26-15+. The van der Waals surface area contributed by atoms with E-state index in [1.165, 1.54) is 6.21 Å². The van der Waals surface area contributed by atoms with Crippen molar-refractivity contribution in [3.63, 3.8) is 0 Å². The van der Waals surface area contributed by atoms with Crippen LogP contribution in [0.4, 0.5) is 5.69 Å². The molecule has 0 atom stereocenters. The first-order chi connectivity index (χ1) is 15.1. The molecule has 0 aliphatic carbocycles. The van der Waals surface area contributed by atoms with Crippen molar-refractivity contribution in [1.82, 2.24) is 10.4 Å². The van der Waals surface area contributed by atoms with Gasteiger partial charge in [0.15, 0.2) is 0 Å². The summed E-state index contributed by atoms with van der Waals surface area (Å²) in [5.74, 6) is -0.722. The maximum Gasteiger partial charge on any atom is 0.289 e. The van der Waals surface area contributed by atoms with E-state index >= 15 is 0 Å². The van der Waals surface area contributed by atoms with E-state index in [4.69, 9.17) is 11.6 Å². The summed E-state index contributed by atoms with van der Waals surface area (Å²) < 4.78 is 0. The Hall–Kier alpha value is -4.03. The fraction of sp³-hybridized carbons (Fsp3) is 0. The molecule has 6 nitrogen and oxygen atoms in total. The average molecular weight is 429 g/mol. The highest BCUT2D eigenvalue weighted by atomic mass is 35.5. The van der Waals surface area contributed by atoms with Crippen molar-refractivity contribution in [2.45, 2.75) is 0 Å². The number of amides is 2. The molecule has 0 spiro atoms. The predicted octanol–water partition coefficient (Wildman–Crippen LogP) is 4.90. The first kappa shape index (κ1) is 20.3. The lowest BCUT2D eigenvalue weighted by atomic mass is 10.2. The van der Waals surface area contributed by atoms with Crippen molar-refractivity contribution in [2.75, 3.05) is 5.32 Å². The van der Waals surface area contributed by atoms with Crippen molar-refractivity contribution in [1.29, 1.82) is 0 Å². The van der Waals surface area contributed by atoms with Crippen LogP contribution in [0, 0.1) is 0 Å². The molecule has 0 fully saturated rings. The van der Waals surface area contributed by atoms with Crippen LogP contribution in [0.15, 0.2) is 90.0 Å². The average Bonchev–Trinajstić information content (AvgIpc) is 2.79. The van der Waals surface area contributed by atoms with Crippen molar-refractivity contribution in [2.24, 2.45) is 5.10 Å². The number of halogens is 1. The number of nitrogens with zero attached hydrogens (tertiary/aromatic N) is 2. The molecule has 0 aliphatic heterocycles. The van der Waals surface area contributed by atoms with Gasteiger partial charge in [-0.2, -0.15) is 5.10 Å². The fourth-order valence-corrected chi connectivity index (χ4v) is 3.18. The molecule has 4 rings (SSSR count). The van der Waals surface area contributed by atoms with Gasteiger partial charge in [0.05, 0.1) is 22.3 Å². The number of pyridine rings is 1. The molecule has 0 aliphatic rings. The van der Waals surface area contributed by atoms with E-state index in [9.17, 15) is 9.59 Å². The molecule has 7 heteroatoms. The number of para-hydroxylation sites is 1. The Morgan fingerprint density at radius 1 is 0.871 bits per heavy atom. The van der Waals surface area contributed by atoms with Crippen molar-refractivity contribution < 1.29 is 9.59 Å². The summed E-state index contributed by atoms with van der Waals surface area (Å²) >= 11 is 6.07. The maximum absolute atomic E-state index is 12.4. The lowest BCUT2D eigenvalue weighted by Crippen LogP contribution is -2.19. The van der Waals surface area contributed by atoms with Gasteiger partial charge in [-0.25, -0.2) is 10.4 Å². The Morgan fingerprint density at radius 3 is 2.55 bits per heavy atom. The zero-order valence-electron chi connectivity index (χ0n) is 16.2. The number of rotatable bonds is 5. The smallest absolute Gasteiger partial charge is 0.289 e. The zero-order chi connectivity index (χ0) is 21.6. The molecule has 1 aromatic heterocycles. The van der Waals surface area contributed by atoms with Gasteiger partial charge in [-0.15, -0.1) is 0 Å². The molecular formula is C24H17ClN4O2. The van der Waals surface area contributed by atoms with Gasteiger partial charge in [-0.05, 0) is 42.0 Å². The van der Waals surface area contributed by atoms with Crippen LogP contribution in [-0.2, 0) is 0 Å². The first-order valence-corrected chi connectivity index (χ1v) is 9.83. The van der Waals surface area contributed by atoms with E-state index in [1.807, 2.05) is 30.3 Å². The molecule has 152 valence electrons. The number of hydrazone groups is 1. The summed E-state index contributed by atoms with van der Waals surface area (Å²) in [5, 5.41) is 8.13. The summed E-state index contributed by atoms with van der Waals surface area (Å²) in [7, 11) is 0. The Labute approximate surface area is 183 Å². The van der Waals surface area contributed by atoms with Gasteiger partial charge >= 0.3 is 0 Å². The minimum atomic E-state index is -0.412. The van der Waals surface area contributed by atoms with Gasteiger partial charge in [0.1, 0.15) is 5.69 Å². The van der Waals surface area contributed by atoms with Crippen LogP contribution in [-0.4, -0.2) is 23.0 Å². The van der Waals surface area contributed by atoms with Crippen LogP contribution in [0.3, 0.4) is 0 Å². The maximum atomic E-state index is 12.4. The van der Waals surface area contributed by atoms with Crippen LogP contribution in [0.5, 0.6) is 0 Å². The van der Waals surface area contributed by atoms with Gasteiger partial charge in [0, 0.05) is 11.1 Å². The topological polar surface area (TPSA) is 83.5 Å². The Kier molecular flexibility index (Phi) is 6.01. The zero-order valence-corrected chi connectivity index (χ0v) is 17.0. The third-order valence-corrected chi connectivity index (χ3v) is 4.80. The second-order valence-electron chi connectivity index (χ2n) is 6.65. The number of carbonyl (C=O) groups excluding carboxylic acids is 2. The Bertz CT molecular complexity index is 1300. The van der Waals surface area contributed by atoms with Crippen molar-refractivity contribution in [3.8, 4) is 0 Å². The molecule has 0 saturated carbocycles. The second-order valence-corrected chi connectivity index (χ2v) is 7.05. The molecule has 1 heterocycles. The SMILES string of the molecule is O=C(N/N=C/c1cccc(NC(=O)c2ccccc2Cl)c1)c1ccc2ccccc2n1. The van der Waals surface area contributed by atoms with Gasteiger partial charge in [0.25, 0.3) is 11.8 Å². The van der Waals surface area contributed by atoms with E-state index in [2.05, 4.69) is 20.8 Å². The number of carbonyl (C=O) groups is 2. The predicted molar refractivity (Wildman–Crippen MR) is 123 cm³/mol. The van der Waals surface area contributed by atoms with E-state index in [1.54, 1.807) is 54.6 Å². The fourth-order valence-electron chi connectivity index (χ4n) is 2.96. The van der Waals surface area contributed by atoms with Crippen LogP contribution in [0.1, 0.15) is 26.4 Å². The molecule has 31 heavy (non-hydrogen) atoms. The summed E-state index contributed by atoms with van der Waals surface area (Å²) in [6, 6.07) is 24.9. The van der Waals surface area contributed by atoms with E-state index < -0.39 is 5.91 Å². The summed E-state index contributed by atoms with van der Waals surface area (Å²) in [5.41, 5.74) is 5.15. The van der Waals surface area contributed by atoms with Crippen LogP contribution in [0.2, 0.25) is 5.02 Å². The molecule has 0 radical (unpaired) electrons. The third kappa shape index (κ3) is 4.94. The van der Waals surface area contributed by atoms with Crippen LogP contribution in [0.25, 0.3) is 10.9 Å². The Balaban J connectivity index is 1.41. The van der Waals surface area contributed by atoms with Gasteiger partial charge in [-0.1, -0.05) is 60.1 Å². The van der Waals surface area contributed by atoms with Crippen LogP contribution < -0.4 is 10.7 Å². The molecule has 2 amide bonds. The number of fused-ring (bicyclic) bond motifs is 1. The number of nitrogens with one attached hydrogen (secondary N) is 2. The Morgan fingerprint density at radius 2 is 1.68 bits per heavy atom. The monoisotopic (exact) mass is 428 g/mol. The third-order valence-electron chi connectivity index (χ3n) is 4.47. The van der Waals surface area contributed by atoms with Gasteiger partial charge in [0.2, 0.25) is 0 Å². The number of hydrogen-bond donors (Lipinski definition) is 2. The number of benzene rings is 3. The van der Waals surface area contributed by atoms with Gasteiger partial charge in [-0.3, -0.25) is 9.59 Å². The summed E-state index contributed by atoms with van der Waals surface area (Å²) in [6.07, 6.45) is 1.49. The number of aromatic nitrogens is 1. The lowest BCUT2D eigenvalue weighted by Gasteiger charge is -2.07. The highest BCUT2D eigenvalue weighted by molar-refractivity contribution is 6.34. The molecule has 0 bridgehead atoms. The van der Waals surface area contributed by atoms with Crippen molar-refractivity contribution >= 4 is 46.2 Å². The summed E-state index contributed by atoms with van der Waals surface area (Å²) in [6.45, 7) is 0. The normalized spacial score (nSPS) is 10.9. The molecule has 0 unspecified atom stereocenters. The quantitative estimate of drug-likeness (QED) is 0.350. The van der Waals surface area contributed by atoms with E-state index in [-0.39, 0.29) is 11.6 Å². The molecule has 3 aromatic carbocycles. The minimum Gasteiger partial charge on any atom is -0.322 e. The number of hydrogen-bond acceptors (Lipinski definition) is 4. The van der Waals surface area contributed by atoms with Crippen LogP contribution >= 0.6 is 11.6 Å². The molecule has 0 saturated heterocycles. The van der Waals surface area contributed by atoms with Gasteiger partial charge < -0.3 is 5.32 Å². The van der Waals surface area contributed by atoms with E-state index in [0.29, 0.717) is 21.8 Å². The highest BCUT2D eigenvalue weighted by Gasteiger charge is 2.10.